The third kappa shape index (κ3) is 4.86. The summed E-state index contributed by atoms with van der Waals surface area (Å²) in [5, 5.41) is 3.11. The molecule has 1 aromatic heterocycles. The lowest BCUT2D eigenvalue weighted by atomic mass is 10.2. The SMILES string of the molecule is COC(=O)c1cc(N)cnc1NC(C)CCS(C)=O. The first kappa shape index (κ1) is 15.4. The number of hydrogen-bond donors (Lipinski definition) is 2. The molecule has 7 heteroatoms. The number of nitrogens with zero attached hydrogens (tertiary/aromatic N) is 1. The monoisotopic (exact) mass is 285 g/mol. The molecule has 0 bridgehead atoms. The highest BCUT2D eigenvalue weighted by molar-refractivity contribution is 7.84. The Morgan fingerprint density at radius 1 is 1.63 bits per heavy atom. The van der Waals surface area contributed by atoms with Gasteiger partial charge in [-0.2, -0.15) is 0 Å². The van der Waals surface area contributed by atoms with Crippen LogP contribution in [0, 0.1) is 0 Å². The molecular weight excluding hydrogens is 266 g/mol. The van der Waals surface area contributed by atoms with Gasteiger partial charge >= 0.3 is 5.97 Å². The van der Waals surface area contributed by atoms with Crippen LogP contribution in [0.2, 0.25) is 0 Å². The highest BCUT2D eigenvalue weighted by atomic mass is 32.2. The largest absolute Gasteiger partial charge is 0.465 e. The van der Waals surface area contributed by atoms with Gasteiger partial charge in [0.15, 0.2) is 0 Å². The lowest BCUT2D eigenvalue weighted by molar-refractivity contribution is 0.0601. The molecule has 0 amide bonds. The standard InChI is InChI=1S/C12H19N3O3S/c1-8(4-5-19(3)17)15-11-10(12(16)18-2)6-9(13)7-14-11/h6-8H,4-5,13H2,1-3H3,(H,14,15). The minimum atomic E-state index is -0.836. The summed E-state index contributed by atoms with van der Waals surface area (Å²) in [5.74, 6) is 0.528. The predicted molar refractivity (Wildman–Crippen MR) is 76.6 cm³/mol. The highest BCUT2D eigenvalue weighted by Gasteiger charge is 2.15. The van der Waals surface area contributed by atoms with E-state index in [4.69, 9.17) is 5.73 Å². The van der Waals surface area contributed by atoms with Crippen molar-refractivity contribution < 1.29 is 13.7 Å². The predicted octanol–water partition coefficient (Wildman–Crippen LogP) is 1.02. The maximum absolute atomic E-state index is 11.6. The first-order chi connectivity index (χ1) is 8.93. The molecule has 6 nitrogen and oxygen atoms in total. The molecule has 0 radical (unpaired) electrons. The first-order valence-corrected chi connectivity index (χ1v) is 7.57. The van der Waals surface area contributed by atoms with E-state index in [-0.39, 0.29) is 6.04 Å². The average molecular weight is 285 g/mol. The van der Waals surface area contributed by atoms with Crippen molar-refractivity contribution in [3.05, 3.63) is 17.8 Å². The number of carbonyl (C=O) groups excluding carboxylic acids is 1. The summed E-state index contributed by atoms with van der Waals surface area (Å²) < 4.78 is 15.7. The number of nitrogens with one attached hydrogen (secondary N) is 1. The van der Waals surface area contributed by atoms with Crippen molar-refractivity contribution >= 4 is 28.3 Å². The third-order valence-corrected chi connectivity index (χ3v) is 3.35. The Hall–Kier alpha value is -1.63. The van der Waals surface area contributed by atoms with Crippen LogP contribution in [0.4, 0.5) is 11.5 Å². The van der Waals surface area contributed by atoms with Gasteiger partial charge in [-0.3, -0.25) is 4.21 Å². The molecule has 0 saturated heterocycles. The molecule has 0 aliphatic heterocycles. The lowest BCUT2D eigenvalue weighted by Gasteiger charge is -2.16. The van der Waals surface area contributed by atoms with E-state index in [0.717, 1.165) is 6.42 Å². The number of aromatic nitrogens is 1. The number of pyridine rings is 1. The Morgan fingerprint density at radius 3 is 2.89 bits per heavy atom. The molecule has 19 heavy (non-hydrogen) atoms. The second kappa shape index (κ2) is 7.08. The molecule has 1 heterocycles. The highest BCUT2D eigenvalue weighted by Crippen LogP contribution is 2.18. The van der Waals surface area contributed by atoms with Gasteiger partial charge in [-0.25, -0.2) is 9.78 Å². The van der Waals surface area contributed by atoms with Gasteiger partial charge in [0.1, 0.15) is 11.4 Å². The number of methoxy groups -OCH3 is 1. The molecule has 2 atom stereocenters. The Kier molecular flexibility index (Phi) is 5.75. The third-order valence-electron chi connectivity index (χ3n) is 2.54. The van der Waals surface area contributed by atoms with Crippen LogP contribution >= 0.6 is 0 Å². The lowest BCUT2D eigenvalue weighted by Crippen LogP contribution is -2.21. The van der Waals surface area contributed by atoms with Crippen LogP contribution < -0.4 is 11.1 Å². The fourth-order valence-corrected chi connectivity index (χ4v) is 2.20. The molecule has 1 rings (SSSR count). The zero-order chi connectivity index (χ0) is 14.4. The van der Waals surface area contributed by atoms with Crippen LogP contribution in [0.1, 0.15) is 23.7 Å². The Labute approximate surface area is 115 Å². The van der Waals surface area contributed by atoms with Gasteiger partial charge in [0.25, 0.3) is 0 Å². The van der Waals surface area contributed by atoms with E-state index >= 15 is 0 Å². The molecule has 0 aliphatic rings. The topological polar surface area (TPSA) is 94.3 Å². The smallest absolute Gasteiger partial charge is 0.341 e. The van der Waals surface area contributed by atoms with E-state index in [1.54, 1.807) is 6.26 Å². The van der Waals surface area contributed by atoms with Gasteiger partial charge in [-0.05, 0) is 19.4 Å². The molecule has 0 aliphatic carbocycles. The second-order valence-corrected chi connectivity index (χ2v) is 5.82. The zero-order valence-corrected chi connectivity index (χ0v) is 12.1. The number of ether oxygens (including phenoxy) is 1. The number of hydrogen-bond acceptors (Lipinski definition) is 6. The summed E-state index contributed by atoms with van der Waals surface area (Å²) in [6, 6.07) is 1.56. The van der Waals surface area contributed by atoms with Crippen molar-refractivity contribution in [2.75, 3.05) is 30.2 Å². The summed E-state index contributed by atoms with van der Waals surface area (Å²) in [6.07, 6.45) is 3.85. The minimum absolute atomic E-state index is 0.0448. The maximum Gasteiger partial charge on any atom is 0.341 e. The fourth-order valence-electron chi connectivity index (χ4n) is 1.51. The number of rotatable bonds is 6. The van der Waals surface area contributed by atoms with Crippen molar-refractivity contribution in [3.63, 3.8) is 0 Å². The molecular formula is C12H19N3O3S. The van der Waals surface area contributed by atoms with Gasteiger partial charge in [0.05, 0.1) is 19.0 Å². The van der Waals surface area contributed by atoms with Crippen LogP contribution in [-0.2, 0) is 15.5 Å². The summed E-state index contributed by atoms with van der Waals surface area (Å²) >= 11 is 0. The quantitative estimate of drug-likeness (QED) is 0.758. The first-order valence-electron chi connectivity index (χ1n) is 5.84. The van der Waals surface area contributed by atoms with Gasteiger partial charge in [-0.1, -0.05) is 0 Å². The molecule has 0 saturated carbocycles. The van der Waals surface area contributed by atoms with Gasteiger partial charge in [0.2, 0.25) is 0 Å². The van der Waals surface area contributed by atoms with Crippen molar-refractivity contribution in [1.82, 2.24) is 4.98 Å². The van der Waals surface area contributed by atoms with E-state index < -0.39 is 16.8 Å². The van der Waals surface area contributed by atoms with E-state index in [1.165, 1.54) is 19.4 Å². The number of esters is 1. The van der Waals surface area contributed by atoms with E-state index in [0.29, 0.717) is 22.8 Å². The minimum Gasteiger partial charge on any atom is -0.465 e. The average Bonchev–Trinajstić information content (AvgIpc) is 2.37. The van der Waals surface area contributed by atoms with Crippen LogP contribution in [0.5, 0.6) is 0 Å². The Morgan fingerprint density at radius 2 is 2.32 bits per heavy atom. The summed E-state index contributed by atoms with van der Waals surface area (Å²) in [4.78, 5) is 15.7. The molecule has 3 N–H and O–H groups in total. The Bertz CT molecular complexity index is 479. The van der Waals surface area contributed by atoms with Gasteiger partial charge < -0.3 is 15.8 Å². The fraction of sp³-hybridized carbons (Fsp3) is 0.500. The maximum atomic E-state index is 11.6. The molecule has 106 valence electrons. The van der Waals surface area contributed by atoms with Gasteiger partial charge in [-0.15, -0.1) is 0 Å². The van der Waals surface area contributed by atoms with Crippen LogP contribution in [-0.4, -0.2) is 40.3 Å². The molecule has 0 spiro atoms. The van der Waals surface area contributed by atoms with Crippen LogP contribution in [0.3, 0.4) is 0 Å². The number of carbonyl (C=O) groups is 1. The van der Waals surface area contributed by atoms with Crippen molar-refractivity contribution in [2.24, 2.45) is 0 Å². The molecule has 0 fully saturated rings. The second-order valence-electron chi connectivity index (χ2n) is 4.27. The van der Waals surface area contributed by atoms with Crippen molar-refractivity contribution in [2.45, 2.75) is 19.4 Å². The van der Waals surface area contributed by atoms with E-state index in [1.807, 2.05) is 6.92 Å². The molecule has 0 aromatic carbocycles. The van der Waals surface area contributed by atoms with Crippen LogP contribution in [0.15, 0.2) is 12.3 Å². The van der Waals surface area contributed by atoms with Crippen molar-refractivity contribution in [1.29, 1.82) is 0 Å². The van der Waals surface area contributed by atoms with Crippen LogP contribution in [0.25, 0.3) is 0 Å². The van der Waals surface area contributed by atoms with Crippen molar-refractivity contribution in [3.8, 4) is 0 Å². The molecule has 1 aromatic rings. The van der Waals surface area contributed by atoms with E-state index in [2.05, 4.69) is 15.0 Å². The molecule has 2 unspecified atom stereocenters. The van der Waals surface area contributed by atoms with E-state index in [9.17, 15) is 9.00 Å². The normalized spacial score (nSPS) is 13.6. The summed E-state index contributed by atoms with van der Waals surface area (Å²) in [6.45, 7) is 1.94. The number of nitrogen functional groups attached to an aromatic ring is 1. The number of anilines is 2. The summed E-state index contributed by atoms with van der Waals surface area (Å²) in [5.41, 5.74) is 6.31. The zero-order valence-electron chi connectivity index (χ0n) is 11.3. The Balaban J connectivity index is 2.82. The summed E-state index contributed by atoms with van der Waals surface area (Å²) in [7, 11) is 0.469. The van der Waals surface area contributed by atoms with Gasteiger partial charge in [0, 0.05) is 28.9 Å². The number of nitrogens with two attached hydrogens (primary N) is 1.